The summed E-state index contributed by atoms with van der Waals surface area (Å²) >= 11 is 5.27. The molecule has 5 heteroatoms. The van der Waals surface area contributed by atoms with E-state index >= 15 is 0 Å². The van der Waals surface area contributed by atoms with E-state index in [1.165, 1.54) is 16.7 Å². The lowest BCUT2D eigenvalue weighted by molar-refractivity contribution is 0.0951. The summed E-state index contributed by atoms with van der Waals surface area (Å²) in [6, 6.07) is 17.6. The topological polar surface area (TPSA) is 54.3 Å². The Morgan fingerprint density at radius 2 is 1.76 bits per heavy atom. The summed E-state index contributed by atoms with van der Waals surface area (Å²) in [5, 5.41) is 5.93. The summed E-state index contributed by atoms with van der Waals surface area (Å²) in [7, 11) is 0. The number of furan rings is 1. The van der Waals surface area contributed by atoms with Crippen LogP contribution < -0.4 is 10.6 Å². The summed E-state index contributed by atoms with van der Waals surface area (Å²) in [6.45, 7) is 8.48. The highest BCUT2D eigenvalue weighted by Gasteiger charge is 2.14. The third-order valence-electron chi connectivity index (χ3n) is 5.20. The van der Waals surface area contributed by atoms with E-state index in [4.69, 9.17) is 16.6 Å². The predicted molar refractivity (Wildman–Crippen MR) is 122 cm³/mol. The molecule has 1 heterocycles. The number of hydrogen-bond donors (Lipinski definition) is 2. The van der Waals surface area contributed by atoms with Gasteiger partial charge in [-0.2, -0.15) is 0 Å². The summed E-state index contributed by atoms with van der Waals surface area (Å²) in [5.41, 5.74) is 5.44. The van der Waals surface area contributed by atoms with Gasteiger partial charge in [-0.3, -0.25) is 10.1 Å². The maximum atomic E-state index is 12.5. The van der Waals surface area contributed by atoms with Gasteiger partial charge in [-0.1, -0.05) is 38.1 Å². The molecule has 1 amide bonds. The molecule has 0 radical (unpaired) electrons. The Kier molecular flexibility index (Phi) is 6.49. The van der Waals surface area contributed by atoms with E-state index in [0.717, 1.165) is 17.7 Å². The average Bonchev–Trinajstić information content (AvgIpc) is 3.20. The number of nitrogens with one attached hydrogen (secondary N) is 2. The normalized spacial score (nSPS) is 11.7. The van der Waals surface area contributed by atoms with Gasteiger partial charge in [-0.15, -0.1) is 0 Å². The van der Waals surface area contributed by atoms with Crippen LogP contribution in [-0.4, -0.2) is 11.0 Å². The predicted octanol–water partition coefficient (Wildman–Crippen LogP) is 6.20. The zero-order chi connectivity index (χ0) is 21.0. The summed E-state index contributed by atoms with van der Waals surface area (Å²) < 4.78 is 5.73. The SMILES string of the molecule is CC[C@H](C)c1ccc(NC(=S)NC(=O)c2ccc(-c3ccc(C)c(C)c3)o2)cc1. The van der Waals surface area contributed by atoms with Crippen molar-refractivity contribution < 1.29 is 9.21 Å². The summed E-state index contributed by atoms with van der Waals surface area (Å²) in [5.74, 6) is 1.00. The number of anilines is 1. The Morgan fingerprint density at radius 3 is 2.41 bits per heavy atom. The maximum absolute atomic E-state index is 12.5. The quantitative estimate of drug-likeness (QED) is 0.495. The molecule has 3 rings (SSSR count). The molecule has 0 saturated carbocycles. The molecule has 1 atom stereocenters. The zero-order valence-electron chi connectivity index (χ0n) is 17.2. The van der Waals surface area contributed by atoms with E-state index in [0.29, 0.717) is 11.7 Å². The van der Waals surface area contributed by atoms with Gasteiger partial charge in [0.15, 0.2) is 10.9 Å². The van der Waals surface area contributed by atoms with Crippen LogP contribution >= 0.6 is 12.2 Å². The Morgan fingerprint density at radius 1 is 1.03 bits per heavy atom. The van der Waals surface area contributed by atoms with Crippen LogP contribution in [0.25, 0.3) is 11.3 Å². The third kappa shape index (κ3) is 5.12. The van der Waals surface area contributed by atoms with Gasteiger partial charge in [-0.25, -0.2) is 0 Å². The summed E-state index contributed by atoms with van der Waals surface area (Å²) in [4.78, 5) is 12.5. The highest BCUT2D eigenvalue weighted by molar-refractivity contribution is 7.80. The first kappa shape index (κ1) is 20.8. The molecule has 4 nitrogen and oxygen atoms in total. The zero-order valence-corrected chi connectivity index (χ0v) is 18.0. The van der Waals surface area contributed by atoms with E-state index in [-0.39, 0.29) is 16.8 Å². The molecule has 1 aromatic heterocycles. The minimum Gasteiger partial charge on any atom is -0.451 e. The first-order valence-corrected chi connectivity index (χ1v) is 10.2. The van der Waals surface area contributed by atoms with Crippen molar-refractivity contribution in [2.24, 2.45) is 0 Å². The van der Waals surface area contributed by atoms with Crippen molar-refractivity contribution in [2.45, 2.75) is 40.0 Å². The fourth-order valence-corrected chi connectivity index (χ4v) is 3.18. The van der Waals surface area contributed by atoms with Crippen LogP contribution in [0.3, 0.4) is 0 Å². The van der Waals surface area contributed by atoms with Crippen molar-refractivity contribution in [2.75, 3.05) is 5.32 Å². The highest BCUT2D eigenvalue weighted by Crippen LogP contribution is 2.24. The molecular weight excluding hydrogens is 380 g/mol. The highest BCUT2D eigenvalue weighted by atomic mass is 32.1. The molecule has 150 valence electrons. The second-order valence-electron chi connectivity index (χ2n) is 7.30. The number of benzene rings is 2. The van der Waals surface area contributed by atoms with Gasteiger partial charge in [0.2, 0.25) is 0 Å². The number of hydrogen-bond acceptors (Lipinski definition) is 3. The maximum Gasteiger partial charge on any atom is 0.293 e. The van der Waals surface area contributed by atoms with E-state index in [1.807, 2.05) is 30.3 Å². The fourth-order valence-electron chi connectivity index (χ4n) is 2.97. The van der Waals surface area contributed by atoms with Crippen LogP contribution in [0.4, 0.5) is 5.69 Å². The molecule has 0 fully saturated rings. The van der Waals surface area contributed by atoms with Gasteiger partial charge < -0.3 is 9.73 Å². The van der Waals surface area contributed by atoms with Crippen LogP contribution in [0.1, 0.15) is 53.4 Å². The summed E-state index contributed by atoms with van der Waals surface area (Å²) in [6.07, 6.45) is 1.09. The molecule has 0 aliphatic rings. The average molecular weight is 407 g/mol. The molecule has 0 saturated heterocycles. The minimum atomic E-state index is -0.381. The van der Waals surface area contributed by atoms with Gasteiger partial charge in [-0.05, 0) is 85.4 Å². The lowest BCUT2D eigenvalue weighted by atomic mass is 9.99. The van der Waals surface area contributed by atoms with Crippen LogP contribution in [0, 0.1) is 13.8 Å². The van der Waals surface area contributed by atoms with Crippen molar-refractivity contribution in [1.82, 2.24) is 5.32 Å². The largest absolute Gasteiger partial charge is 0.451 e. The lowest BCUT2D eigenvalue weighted by Crippen LogP contribution is -2.33. The fraction of sp³-hybridized carbons (Fsp3) is 0.250. The molecule has 3 aromatic rings. The number of carbonyl (C=O) groups is 1. The molecule has 0 unspecified atom stereocenters. The minimum absolute atomic E-state index is 0.217. The van der Waals surface area contributed by atoms with Crippen molar-refractivity contribution in [1.29, 1.82) is 0 Å². The molecule has 2 N–H and O–H groups in total. The Balaban J connectivity index is 1.62. The molecule has 2 aromatic carbocycles. The molecule has 0 spiro atoms. The van der Waals surface area contributed by atoms with E-state index < -0.39 is 0 Å². The van der Waals surface area contributed by atoms with E-state index in [2.05, 4.69) is 50.5 Å². The number of carbonyl (C=O) groups excluding carboxylic acids is 1. The number of thiocarbonyl (C=S) groups is 1. The number of amides is 1. The first-order valence-electron chi connectivity index (χ1n) is 9.77. The third-order valence-corrected chi connectivity index (χ3v) is 5.40. The van der Waals surface area contributed by atoms with Crippen LogP contribution in [-0.2, 0) is 0 Å². The first-order chi connectivity index (χ1) is 13.9. The van der Waals surface area contributed by atoms with E-state index in [1.54, 1.807) is 12.1 Å². The molecule has 0 bridgehead atoms. The lowest BCUT2D eigenvalue weighted by Gasteiger charge is -2.12. The Hall–Kier alpha value is -2.92. The molecular formula is C24H26N2O2S. The monoisotopic (exact) mass is 406 g/mol. The smallest absolute Gasteiger partial charge is 0.293 e. The van der Waals surface area contributed by atoms with Crippen molar-refractivity contribution in [3.63, 3.8) is 0 Å². The Bertz CT molecular complexity index is 1020. The second-order valence-corrected chi connectivity index (χ2v) is 7.71. The van der Waals surface area contributed by atoms with Crippen molar-refractivity contribution in [3.8, 4) is 11.3 Å². The Labute approximate surface area is 177 Å². The van der Waals surface area contributed by atoms with Crippen LogP contribution in [0.5, 0.6) is 0 Å². The van der Waals surface area contributed by atoms with Crippen molar-refractivity contribution >= 4 is 28.9 Å². The van der Waals surface area contributed by atoms with Crippen molar-refractivity contribution in [3.05, 3.63) is 77.0 Å². The molecule has 29 heavy (non-hydrogen) atoms. The molecule has 0 aliphatic carbocycles. The van der Waals surface area contributed by atoms with Gasteiger partial charge in [0.25, 0.3) is 5.91 Å². The second kappa shape index (κ2) is 9.05. The van der Waals surface area contributed by atoms with E-state index in [9.17, 15) is 4.79 Å². The van der Waals surface area contributed by atoms with Gasteiger partial charge in [0, 0.05) is 11.3 Å². The van der Waals surface area contributed by atoms with Crippen LogP contribution in [0.2, 0.25) is 0 Å². The van der Waals surface area contributed by atoms with Gasteiger partial charge >= 0.3 is 0 Å². The van der Waals surface area contributed by atoms with Crippen LogP contribution in [0.15, 0.2) is 59.0 Å². The molecule has 0 aliphatic heterocycles. The van der Waals surface area contributed by atoms with Gasteiger partial charge in [0.1, 0.15) is 5.76 Å². The number of rotatable bonds is 5. The van der Waals surface area contributed by atoms with Gasteiger partial charge in [0.05, 0.1) is 0 Å². The standard InChI is InChI=1S/C24H26N2O2S/c1-5-15(2)18-8-10-20(11-9-18)25-24(29)26-23(27)22-13-12-21(28-22)19-7-6-16(3)17(4)14-19/h6-15H,5H2,1-4H3,(H2,25,26,27,29)/t15-/m0/s1. The number of aryl methyl sites for hydroxylation is 2.